The maximum absolute atomic E-state index is 12.4. The van der Waals surface area contributed by atoms with Crippen molar-refractivity contribution in [1.29, 1.82) is 0 Å². The Morgan fingerprint density at radius 3 is 2.50 bits per heavy atom. The van der Waals surface area contributed by atoms with Crippen LogP contribution in [0.3, 0.4) is 0 Å². The van der Waals surface area contributed by atoms with Crippen LogP contribution >= 0.6 is 11.8 Å². The molecule has 0 saturated heterocycles. The van der Waals surface area contributed by atoms with Gasteiger partial charge in [0.1, 0.15) is 6.04 Å². The van der Waals surface area contributed by atoms with Crippen LogP contribution in [0, 0.1) is 0 Å². The fourth-order valence-corrected chi connectivity index (χ4v) is 1.86. The van der Waals surface area contributed by atoms with E-state index in [0.29, 0.717) is 10.6 Å². The van der Waals surface area contributed by atoms with Gasteiger partial charge in [0.15, 0.2) is 10.9 Å². The van der Waals surface area contributed by atoms with Crippen LogP contribution in [0.1, 0.15) is 18.7 Å². The molecule has 0 amide bonds. The number of carboxylic acids is 1. The maximum Gasteiger partial charge on any atom is 0.433 e. The molecule has 0 aromatic carbocycles. The van der Waals surface area contributed by atoms with E-state index in [2.05, 4.69) is 4.98 Å². The highest BCUT2D eigenvalue weighted by atomic mass is 32.2. The van der Waals surface area contributed by atoms with Gasteiger partial charge in [-0.1, -0.05) is 11.8 Å². The maximum atomic E-state index is 12.4. The summed E-state index contributed by atoms with van der Waals surface area (Å²) >= 11 is 0.774. The number of hydrogen-bond acceptors (Lipinski definition) is 4. The monoisotopic (exact) mass is 282 g/mol. The normalized spacial score (nSPS) is 13.4. The van der Waals surface area contributed by atoms with Crippen molar-refractivity contribution in [3.05, 3.63) is 22.1 Å². The predicted molar refractivity (Wildman–Crippen MR) is 57.6 cm³/mol. The van der Waals surface area contributed by atoms with Gasteiger partial charge in [-0.2, -0.15) is 13.2 Å². The van der Waals surface area contributed by atoms with Gasteiger partial charge < -0.3 is 5.11 Å². The molecular formula is C9H9F3N2O3S. The molecule has 0 saturated carbocycles. The van der Waals surface area contributed by atoms with E-state index in [4.69, 9.17) is 5.11 Å². The van der Waals surface area contributed by atoms with E-state index in [9.17, 15) is 22.8 Å². The predicted octanol–water partition coefficient (Wildman–Crippen LogP) is 1.63. The molecule has 1 heterocycles. The number of carboxylic acid groups (broad SMARTS) is 1. The molecule has 0 aliphatic heterocycles. The summed E-state index contributed by atoms with van der Waals surface area (Å²) in [5, 5.41) is 8.50. The van der Waals surface area contributed by atoms with Gasteiger partial charge in [-0.05, 0) is 13.2 Å². The molecule has 1 unspecified atom stereocenters. The number of aliphatic carboxylic acids is 1. The van der Waals surface area contributed by atoms with Crippen LogP contribution in [-0.2, 0) is 11.0 Å². The molecule has 1 atom stereocenters. The summed E-state index contributed by atoms with van der Waals surface area (Å²) in [7, 11) is 0. The zero-order valence-electron chi connectivity index (χ0n) is 9.35. The highest BCUT2D eigenvalue weighted by Gasteiger charge is 2.34. The molecule has 1 aromatic rings. The molecule has 0 bridgehead atoms. The first-order valence-corrected chi connectivity index (χ1v) is 5.88. The number of halogens is 3. The second-order valence-corrected chi connectivity index (χ2v) is 4.12. The van der Waals surface area contributed by atoms with Crippen molar-refractivity contribution in [3.63, 3.8) is 0 Å². The number of carbonyl (C=O) groups is 1. The van der Waals surface area contributed by atoms with Gasteiger partial charge in [-0.3, -0.25) is 9.36 Å². The lowest BCUT2D eigenvalue weighted by molar-refractivity contribution is -0.142. The van der Waals surface area contributed by atoms with E-state index >= 15 is 0 Å². The first-order valence-electron chi connectivity index (χ1n) is 4.66. The van der Waals surface area contributed by atoms with E-state index < -0.39 is 29.4 Å². The van der Waals surface area contributed by atoms with E-state index in [1.165, 1.54) is 13.2 Å². The van der Waals surface area contributed by atoms with Gasteiger partial charge in [-0.15, -0.1) is 0 Å². The van der Waals surface area contributed by atoms with Crippen LogP contribution in [0.25, 0.3) is 0 Å². The Morgan fingerprint density at radius 2 is 2.11 bits per heavy atom. The summed E-state index contributed by atoms with van der Waals surface area (Å²) in [4.78, 5) is 25.6. The fourth-order valence-electron chi connectivity index (χ4n) is 1.23. The van der Waals surface area contributed by atoms with Crippen LogP contribution in [0.5, 0.6) is 0 Å². The number of alkyl halides is 3. The average molecular weight is 282 g/mol. The standard InChI is InChI=1S/C9H9F3N2O3S/c1-4(7(16)17)14-6(15)3-5(9(10,11)12)13-8(14)18-2/h3-4H,1-2H3,(H,16,17). The molecule has 9 heteroatoms. The minimum atomic E-state index is -4.74. The molecular weight excluding hydrogens is 273 g/mol. The van der Waals surface area contributed by atoms with Crippen LogP contribution in [-0.4, -0.2) is 26.9 Å². The van der Waals surface area contributed by atoms with E-state index in [-0.39, 0.29) is 5.16 Å². The molecule has 1 aromatic heterocycles. The van der Waals surface area contributed by atoms with Gasteiger partial charge in [0.05, 0.1) is 0 Å². The summed E-state index contributed by atoms with van der Waals surface area (Å²) in [6, 6.07) is -0.992. The van der Waals surface area contributed by atoms with Gasteiger partial charge >= 0.3 is 12.1 Å². The van der Waals surface area contributed by atoms with Crippen LogP contribution in [0.4, 0.5) is 13.2 Å². The van der Waals surface area contributed by atoms with Crippen LogP contribution in [0.2, 0.25) is 0 Å². The molecule has 18 heavy (non-hydrogen) atoms. The zero-order valence-corrected chi connectivity index (χ0v) is 10.2. The molecule has 1 rings (SSSR count). The number of rotatable bonds is 3. The second-order valence-electron chi connectivity index (χ2n) is 3.35. The van der Waals surface area contributed by atoms with E-state index in [0.717, 1.165) is 11.8 Å². The molecule has 0 spiro atoms. The van der Waals surface area contributed by atoms with Crippen molar-refractivity contribution >= 4 is 17.7 Å². The smallest absolute Gasteiger partial charge is 0.433 e. The lowest BCUT2D eigenvalue weighted by atomic mass is 10.3. The van der Waals surface area contributed by atoms with Crippen molar-refractivity contribution in [1.82, 2.24) is 9.55 Å². The fraction of sp³-hybridized carbons (Fsp3) is 0.444. The molecule has 1 N–H and O–H groups in total. The minimum Gasteiger partial charge on any atom is -0.480 e. The van der Waals surface area contributed by atoms with E-state index in [1.807, 2.05) is 0 Å². The minimum absolute atomic E-state index is 0.287. The lowest BCUT2D eigenvalue weighted by Gasteiger charge is -2.15. The first kappa shape index (κ1) is 14.6. The number of thioether (sulfide) groups is 1. The Labute approximate surface area is 104 Å². The molecule has 0 fully saturated rings. The zero-order chi connectivity index (χ0) is 14.1. The summed E-state index contributed by atoms with van der Waals surface area (Å²) in [6.07, 6.45) is -3.33. The molecule has 0 aliphatic carbocycles. The number of nitrogens with zero attached hydrogens (tertiary/aromatic N) is 2. The average Bonchev–Trinajstić information content (AvgIpc) is 2.25. The summed E-state index contributed by atoms with van der Waals surface area (Å²) < 4.78 is 38.0. The van der Waals surface area contributed by atoms with Gasteiger partial charge in [0, 0.05) is 6.07 Å². The molecule has 100 valence electrons. The third kappa shape index (κ3) is 2.84. The molecule has 0 aliphatic rings. The summed E-state index contributed by atoms with van der Waals surface area (Å²) in [5.74, 6) is -1.33. The van der Waals surface area contributed by atoms with Crippen LogP contribution < -0.4 is 5.56 Å². The van der Waals surface area contributed by atoms with E-state index in [1.54, 1.807) is 0 Å². The highest BCUT2D eigenvalue weighted by molar-refractivity contribution is 7.98. The van der Waals surface area contributed by atoms with Crippen molar-refractivity contribution in [3.8, 4) is 0 Å². The van der Waals surface area contributed by atoms with Crippen molar-refractivity contribution in [2.45, 2.75) is 24.3 Å². The SMILES string of the molecule is CSc1nc(C(F)(F)F)cc(=O)n1C(C)C(=O)O. The quantitative estimate of drug-likeness (QED) is 0.674. The largest absolute Gasteiger partial charge is 0.480 e. The second kappa shape index (κ2) is 5.01. The third-order valence-electron chi connectivity index (χ3n) is 2.14. The summed E-state index contributed by atoms with van der Waals surface area (Å²) in [6.45, 7) is 1.19. The Bertz CT molecular complexity index is 527. The highest BCUT2D eigenvalue weighted by Crippen LogP contribution is 2.28. The van der Waals surface area contributed by atoms with Crippen molar-refractivity contribution in [2.75, 3.05) is 6.26 Å². The van der Waals surface area contributed by atoms with Gasteiger partial charge in [0.25, 0.3) is 5.56 Å². The summed E-state index contributed by atoms with van der Waals surface area (Å²) in [5.41, 5.74) is -2.37. The molecule has 0 radical (unpaired) electrons. The van der Waals surface area contributed by atoms with Crippen molar-refractivity contribution in [2.24, 2.45) is 0 Å². The topological polar surface area (TPSA) is 72.2 Å². The Morgan fingerprint density at radius 1 is 1.56 bits per heavy atom. The van der Waals surface area contributed by atoms with Crippen LogP contribution in [0.15, 0.2) is 16.0 Å². The molecule has 5 nitrogen and oxygen atoms in total. The Balaban J connectivity index is 3.48. The number of aromatic nitrogens is 2. The van der Waals surface area contributed by atoms with Crippen molar-refractivity contribution < 1.29 is 23.1 Å². The Hall–Kier alpha value is -1.51. The lowest BCUT2D eigenvalue weighted by Crippen LogP contribution is -2.31. The first-order chi connectivity index (χ1) is 8.18. The Kier molecular flexibility index (Phi) is 4.05. The third-order valence-corrected chi connectivity index (χ3v) is 2.79. The number of hydrogen-bond donors (Lipinski definition) is 1. The van der Waals surface area contributed by atoms with Gasteiger partial charge in [0.2, 0.25) is 0 Å². The van der Waals surface area contributed by atoms with Gasteiger partial charge in [-0.25, -0.2) is 9.78 Å².